The highest BCUT2D eigenvalue weighted by atomic mass is 32.2. The molecule has 1 amide bonds. The van der Waals surface area contributed by atoms with Crippen LogP contribution in [0.15, 0.2) is 18.2 Å². The molecule has 1 aliphatic rings. The lowest BCUT2D eigenvalue weighted by Gasteiger charge is -2.32. The van der Waals surface area contributed by atoms with Crippen molar-refractivity contribution in [3.05, 3.63) is 18.2 Å². The Morgan fingerprint density at radius 3 is 3.10 bits per heavy atom. The van der Waals surface area contributed by atoms with Crippen molar-refractivity contribution in [2.24, 2.45) is 0 Å². The standard InChI is InChI=1S/C15H23N3O2S/c1-11-10-21-8-7-18(11)6-5-15(19)17-13-9-12(16)3-4-14(13)20-2/h3-4,9,11H,5-8,10,16H2,1-2H3,(H,17,19). The van der Waals surface area contributed by atoms with Gasteiger partial charge in [0.05, 0.1) is 12.8 Å². The lowest BCUT2D eigenvalue weighted by molar-refractivity contribution is -0.116. The number of carbonyl (C=O) groups excluding carboxylic acids is 1. The molecule has 0 aromatic heterocycles. The van der Waals surface area contributed by atoms with Crippen LogP contribution in [0.4, 0.5) is 11.4 Å². The number of amides is 1. The molecule has 6 heteroatoms. The summed E-state index contributed by atoms with van der Waals surface area (Å²) in [4.78, 5) is 14.5. The van der Waals surface area contributed by atoms with Gasteiger partial charge in [-0.3, -0.25) is 9.69 Å². The summed E-state index contributed by atoms with van der Waals surface area (Å²) < 4.78 is 5.23. The third kappa shape index (κ3) is 4.54. The van der Waals surface area contributed by atoms with Gasteiger partial charge in [0.15, 0.2) is 0 Å². The molecular weight excluding hydrogens is 286 g/mol. The molecule has 1 aliphatic heterocycles. The van der Waals surface area contributed by atoms with Crippen molar-refractivity contribution < 1.29 is 9.53 Å². The number of ether oxygens (including phenoxy) is 1. The van der Waals surface area contributed by atoms with Crippen LogP contribution in [0.1, 0.15) is 13.3 Å². The number of nitrogens with one attached hydrogen (secondary N) is 1. The van der Waals surface area contributed by atoms with Crippen molar-refractivity contribution in [1.29, 1.82) is 0 Å². The van der Waals surface area contributed by atoms with E-state index in [0.717, 1.165) is 24.6 Å². The van der Waals surface area contributed by atoms with Crippen molar-refractivity contribution >= 4 is 29.0 Å². The highest BCUT2D eigenvalue weighted by Crippen LogP contribution is 2.26. The number of hydrogen-bond acceptors (Lipinski definition) is 5. The van der Waals surface area contributed by atoms with E-state index in [1.54, 1.807) is 25.3 Å². The maximum atomic E-state index is 12.1. The first-order valence-corrected chi connectivity index (χ1v) is 8.31. The van der Waals surface area contributed by atoms with Gasteiger partial charge < -0.3 is 15.8 Å². The second kappa shape index (κ2) is 7.56. The molecule has 5 nitrogen and oxygen atoms in total. The molecule has 21 heavy (non-hydrogen) atoms. The Balaban J connectivity index is 1.88. The Bertz CT molecular complexity index is 496. The number of rotatable bonds is 5. The van der Waals surface area contributed by atoms with Gasteiger partial charge in [0, 0.05) is 42.7 Å². The van der Waals surface area contributed by atoms with Gasteiger partial charge >= 0.3 is 0 Å². The molecule has 1 atom stereocenters. The molecule has 3 N–H and O–H groups in total. The summed E-state index contributed by atoms with van der Waals surface area (Å²) in [6, 6.07) is 5.77. The van der Waals surface area contributed by atoms with Gasteiger partial charge in [-0.2, -0.15) is 11.8 Å². The van der Waals surface area contributed by atoms with Crippen LogP contribution in [0.2, 0.25) is 0 Å². The average Bonchev–Trinajstić information content (AvgIpc) is 2.47. The Hall–Kier alpha value is -1.40. The molecule has 1 aromatic rings. The third-order valence-corrected chi connectivity index (χ3v) is 4.82. The first kappa shape index (κ1) is 16.0. The summed E-state index contributed by atoms with van der Waals surface area (Å²) in [7, 11) is 1.58. The summed E-state index contributed by atoms with van der Waals surface area (Å²) >= 11 is 1.98. The number of hydrogen-bond donors (Lipinski definition) is 2. The number of methoxy groups -OCH3 is 1. The Labute approximate surface area is 130 Å². The maximum Gasteiger partial charge on any atom is 0.225 e. The minimum absolute atomic E-state index is 0.00988. The molecular formula is C15H23N3O2S. The molecule has 0 aliphatic carbocycles. The van der Waals surface area contributed by atoms with Crippen molar-refractivity contribution in [3.8, 4) is 5.75 Å². The van der Waals surface area contributed by atoms with Crippen LogP contribution in [0.25, 0.3) is 0 Å². The quantitative estimate of drug-likeness (QED) is 0.815. The second-order valence-electron chi connectivity index (χ2n) is 5.22. The van der Waals surface area contributed by atoms with E-state index in [4.69, 9.17) is 10.5 Å². The van der Waals surface area contributed by atoms with Gasteiger partial charge in [-0.1, -0.05) is 0 Å². The van der Waals surface area contributed by atoms with E-state index in [0.29, 0.717) is 29.6 Å². The summed E-state index contributed by atoms with van der Waals surface area (Å²) in [5.74, 6) is 2.91. The summed E-state index contributed by atoms with van der Waals surface area (Å²) in [5, 5.41) is 2.88. The van der Waals surface area contributed by atoms with Gasteiger partial charge in [-0.15, -0.1) is 0 Å². The Kier molecular flexibility index (Phi) is 5.76. The summed E-state index contributed by atoms with van der Waals surface area (Å²) in [5.41, 5.74) is 6.98. The molecule has 1 aromatic carbocycles. The van der Waals surface area contributed by atoms with Crippen LogP contribution >= 0.6 is 11.8 Å². The number of nitrogens with two attached hydrogens (primary N) is 1. The zero-order chi connectivity index (χ0) is 15.2. The van der Waals surface area contributed by atoms with Crippen LogP contribution in [-0.2, 0) is 4.79 Å². The van der Waals surface area contributed by atoms with Gasteiger partial charge in [0.25, 0.3) is 0 Å². The lowest BCUT2D eigenvalue weighted by Crippen LogP contribution is -2.41. The smallest absolute Gasteiger partial charge is 0.225 e. The van der Waals surface area contributed by atoms with Crippen molar-refractivity contribution in [2.45, 2.75) is 19.4 Å². The average molecular weight is 309 g/mol. The van der Waals surface area contributed by atoms with Gasteiger partial charge in [0.1, 0.15) is 5.75 Å². The van der Waals surface area contributed by atoms with Crippen LogP contribution in [0.3, 0.4) is 0 Å². The first-order chi connectivity index (χ1) is 10.1. The molecule has 1 fully saturated rings. The molecule has 2 rings (SSSR count). The molecule has 0 saturated carbocycles. The molecule has 1 unspecified atom stereocenters. The van der Waals surface area contributed by atoms with E-state index in [1.807, 2.05) is 11.8 Å². The molecule has 0 bridgehead atoms. The predicted molar refractivity (Wildman–Crippen MR) is 89.0 cm³/mol. The number of thioether (sulfide) groups is 1. The monoisotopic (exact) mass is 309 g/mol. The summed E-state index contributed by atoms with van der Waals surface area (Å²) in [6.45, 7) is 4.06. The summed E-state index contributed by atoms with van der Waals surface area (Å²) in [6.07, 6.45) is 0.479. The molecule has 116 valence electrons. The van der Waals surface area contributed by atoms with E-state index >= 15 is 0 Å². The third-order valence-electron chi connectivity index (χ3n) is 3.63. The number of benzene rings is 1. The van der Waals surface area contributed by atoms with E-state index in [9.17, 15) is 4.79 Å². The Morgan fingerprint density at radius 2 is 2.38 bits per heavy atom. The second-order valence-corrected chi connectivity index (χ2v) is 6.37. The lowest BCUT2D eigenvalue weighted by atomic mass is 10.2. The SMILES string of the molecule is COc1ccc(N)cc1NC(=O)CCN1CCSCC1C. The molecule has 0 spiro atoms. The van der Waals surface area contributed by atoms with Gasteiger partial charge in [-0.05, 0) is 25.1 Å². The van der Waals surface area contributed by atoms with Crippen LogP contribution in [0, 0.1) is 0 Å². The number of nitrogen functional groups attached to an aromatic ring is 1. The minimum atomic E-state index is -0.00988. The highest BCUT2D eigenvalue weighted by Gasteiger charge is 2.19. The van der Waals surface area contributed by atoms with Crippen LogP contribution in [0.5, 0.6) is 5.75 Å². The largest absolute Gasteiger partial charge is 0.495 e. The van der Waals surface area contributed by atoms with Gasteiger partial charge in [-0.25, -0.2) is 0 Å². The number of anilines is 2. The topological polar surface area (TPSA) is 67.6 Å². The van der Waals surface area contributed by atoms with E-state index < -0.39 is 0 Å². The predicted octanol–water partition coefficient (Wildman–Crippen LogP) is 2.04. The Morgan fingerprint density at radius 1 is 1.57 bits per heavy atom. The van der Waals surface area contributed by atoms with Gasteiger partial charge in [0.2, 0.25) is 5.91 Å². The molecule has 0 radical (unpaired) electrons. The maximum absolute atomic E-state index is 12.1. The number of carbonyl (C=O) groups is 1. The highest BCUT2D eigenvalue weighted by molar-refractivity contribution is 7.99. The minimum Gasteiger partial charge on any atom is -0.495 e. The zero-order valence-corrected chi connectivity index (χ0v) is 13.4. The van der Waals surface area contributed by atoms with E-state index in [2.05, 4.69) is 17.1 Å². The fourth-order valence-corrected chi connectivity index (χ4v) is 3.46. The zero-order valence-electron chi connectivity index (χ0n) is 12.6. The first-order valence-electron chi connectivity index (χ1n) is 7.15. The molecule has 1 saturated heterocycles. The number of nitrogens with zero attached hydrogens (tertiary/aromatic N) is 1. The van der Waals surface area contributed by atoms with Crippen molar-refractivity contribution in [1.82, 2.24) is 4.90 Å². The van der Waals surface area contributed by atoms with Crippen molar-refractivity contribution in [3.63, 3.8) is 0 Å². The fourth-order valence-electron chi connectivity index (χ4n) is 2.37. The van der Waals surface area contributed by atoms with E-state index in [-0.39, 0.29) is 5.91 Å². The van der Waals surface area contributed by atoms with E-state index in [1.165, 1.54) is 0 Å². The fraction of sp³-hybridized carbons (Fsp3) is 0.533. The molecule has 1 heterocycles. The van der Waals surface area contributed by atoms with Crippen LogP contribution < -0.4 is 15.8 Å². The van der Waals surface area contributed by atoms with Crippen molar-refractivity contribution in [2.75, 3.05) is 42.8 Å². The normalized spacial score (nSPS) is 19.2. The van der Waals surface area contributed by atoms with Crippen LogP contribution in [-0.4, -0.2) is 48.6 Å².